The lowest BCUT2D eigenvalue weighted by Gasteiger charge is -2.15. The third-order valence-corrected chi connectivity index (χ3v) is 3.57. The molecule has 0 bridgehead atoms. The van der Waals surface area contributed by atoms with Gasteiger partial charge in [0.25, 0.3) is 0 Å². The fourth-order valence-corrected chi connectivity index (χ4v) is 1.98. The number of unbranched alkanes of at least 4 members (excludes halogenated alkanes) is 1. The Labute approximate surface area is 108 Å². The van der Waals surface area contributed by atoms with E-state index in [1.165, 1.54) is 0 Å². The number of hydrogen-bond donors (Lipinski definition) is 1. The third-order valence-electron chi connectivity index (χ3n) is 2.30. The van der Waals surface area contributed by atoms with Crippen molar-refractivity contribution in [3.63, 3.8) is 0 Å². The molecule has 17 heavy (non-hydrogen) atoms. The van der Waals surface area contributed by atoms with Gasteiger partial charge in [0.05, 0.1) is 11.8 Å². The zero-order valence-electron chi connectivity index (χ0n) is 11.2. The third kappa shape index (κ3) is 5.55. The van der Waals surface area contributed by atoms with Gasteiger partial charge in [0.15, 0.2) is 5.82 Å². The normalized spacial score (nSPS) is 13.9. The Morgan fingerprint density at radius 1 is 1.41 bits per heavy atom. The van der Waals surface area contributed by atoms with Gasteiger partial charge in [-0.05, 0) is 6.42 Å². The SMILES string of the molecule is CCCCC(N)c1nc(CSC(C)(C)C)no1. The van der Waals surface area contributed by atoms with Crippen LogP contribution < -0.4 is 5.73 Å². The van der Waals surface area contributed by atoms with Crippen LogP contribution in [0.15, 0.2) is 4.52 Å². The summed E-state index contributed by atoms with van der Waals surface area (Å²) in [6.07, 6.45) is 3.13. The monoisotopic (exact) mass is 257 g/mol. The highest BCUT2D eigenvalue weighted by Gasteiger charge is 2.16. The van der Waals surface area contributed by atoms with E-state index in [1.807, 2.05) is 0 Å². The topological polar surface area (TPSA) is 64.9 Å². The Morgan fingerprint density at radius 2 is 2.12 bits per heavy atom. The molecule has 0 aromatic carbocycles. The van der Waals surface area contributed by atoms with E-state index >= 15 is 0 Å². The fraction of sp³-hybridized carbons (Fsp3) is 0.833. The molecule has 1 aromatic heterocycles. The zero-order valence-corrected chi connectivity index (χ0v) is 12.0. The van der Waals surface area contributed by atoms with Gasteiger partial charge < -0.3 is 10.3 Å². The first kappa shape index (κ1) is 14.5. The van der Waals surface area contributed by atoms with E-state index in [4.69, 9.17) is 10.3 Å². The Bertz CT molecular complexity index is 333. The highest BCUT2D eigenvalue weighted by Crippen LogP contribution is 2.26. The van der Waals surface area contributed by atoms with Crippen LogP contribution in [0, 0.1) is 0 Å². The smallest absolute Gasteiger partial charge is 0.243 e. The van der Waals surface area contributed by atoms with E-state index in [0.29, 0.717) is 5.89 Å². The van der Waals surface area contributed by atoms with Crippen LogP contribution in [0.1, 0.15) is 64.7 Å². The number of rotatable bonds is 6. The van der Waals surface area contributed by atoms with Crippen LogP contribution >= 0.6 is 11.8 Å². The lowest BCUT2D eigenvalue weighted by molar-refractivity contribution is 0.343. The Balaban J connectivity index is 2.47. The van der Waals surface area contributed by atoms with Crippen LogP contribution in [0.25, 0.3) is 0 Å². The molecule has 0 amide bonds. The molecule has 0 radical (unpaired) electrons. The fourth-order valence-electron chi connectivity index (χ4n) is 1.31. The maximum Gasteiger partial charge on any atom is 0.243 e. The van der Waals surface area contributed by atoms with E-state index in [-0.39, 0.29) is 10.8 Å². The summed E-state index contributed by atoms with van der Waals surface area (Å²) < 4.78 is 5.40. The van der Waals surface area contributed by atoms with Gasteiger partial charge in [0.2, 0.25) is 5.89 Å². The molecule has 0 spiro atoms. The molecule has 0 fully saturated rings. The maximum atomic E-state index is 5.97. The van der Waals surface area contributed by atoms with Gasteiger partial charge in [-0.3, -0.25) is 0 Å². The Kier molecular flexibility index (Phi) is 5.46. The summed E-state index contributed by atoms with van der Waals surface area (Å²) in [4.78, 5) is 4.34. The minimum atomic E-state index is -0.115. The average molecular weight is 257 g/mol. The summed E-state index contributed by atoms with van der Waals surface area (Å²) in [7, 11) is 0. The van der Waals surface area contributed by atoms with E-state index in [1.54, 1.807) is 11.8 Å². The van der Waals surface area contributed by atoms with Gasteiger partial charge in [-0.2, -0.15) is 4.98 Å². The molecule has 0 aliphatic heterocycles. The van der Waals surface area contributed by atoms with Crippen LogP contribution in [0.3, 0.4) is 0 Å². The minimum absolute atomic E-state index is 0.115. The molecule has 1 rings (SSSR count). The van der Waals surface area contributed by atoms with E-state index in [9.17, 15) is 0 Å². The molecule has 1 heterocycles. The summed E-state index contributed by atoms with van der Waals surface area (Å²) in [5, 5.41) is 3.96. The van der Waals surface area contributed by atoms with E-state index in [0.717, 1.165) is 30.8 Å². The number of hydrogen-bond acceptors (Lipinski definition) is 5. The molecule has 0 saturated carbocycles. The highest BCUT2D eigenvalue weighted by molar-refractivity contribution is 7.99. The lowest BCUT2D eigenvalue weighted by Crippen LogP contribution is -2.11. The van der Waals surface area contributed by atoms with Crippen molar-refractivity contribution in [2.45, 2.75) is 63.5 Å². The van der Waals surface area contributed by atoms with E-state index in [2.05, 4.69) is 37.8 Å². The van der Waals surface area contributed by atoms with Crippen molar-refractivity contribution in [2.24, 2.45) is 5.73 Å². The quantitative estimate of drug-likeness (QED) is 0.847. The van der Waals surface area contributed by atoms with Gasteiger partial charge >= 0.3 is 0 Å². The number of nitrogens with two attached hydrogens (primary N) is 1. The van der Waals surface area contributed by atoms with Gasteiger partial charge in [0, 0.05) is 4.75 Å². The van der Waals surface area contributed by atoms with Gasteiger partial charge in [-0.25, -0.2) is 0 Å². The zero-order chi connectivity index (χ0) is 12.9. The van der Waals surface area contributed by atoms with Crippen molar-refractivity contribution in [3.8, 4) is 0 Å². The first-order chi connectivity index (χ1) is 7.92. The largest absolute Gasteiger partial charge is 0.338 e. The molecule has 0 saturated heterocycles. The predicted octanol–water partition coefficient (Wildman–Crippen LogP) is 3.29. The van der Waals surface area contributed by atoms with Crippen molar-refractivity contribution in [1.29, 1.82) is 0 Å². The van der Waals surface area contributed by atoms with Crippen LogP contribution in [0.2, 0.25) is 0 Å². The van der Waals surface area contributed by atoms with Crippen LogP contribution in [-0.2, 0) is 5.75 Å². The van der Waals surface area contributed by atoms with Crippen molar-refractivity contribution in [3.05, 3.63) is 11.7 Å². The summed E-state index contributed by atoms with van der Waals surface area (Å²) in [5.41, 5.74) is 5.97. The lowest BCUT2D eigenvalue weighted by atomic mass is 10.1. The second-order valence-electron chi connectivity index (χ2n) is 5.20. The molecular formula is C12H23N3OS. The van der Waals surface area contributed by atoms with Crippen molar-refractivity contribution in [2.75, 3.05) is 0 Å². The summed E-state index contributed by atoms with van der Waals surface area (Å²) in [6.45, 7) is 8.66. The van der Waals surface area contributed by atoms with Crippen LogP contribution in [0.5, 0.6) is 0 Å². The van der Waals surface area contributed by atoms with Crippen molar-refractivity contribution >= 4 is 11.8 Å². The highest BCUT2D eigenvalue weighted by atomic mass is 32.2. The number of aromatic nitrogens is 2. The Morgan fingerprint density at radius 3 is 2.71 bits per heavy atom. The molecule has 0 aliphatic rings. The molecule has 2 N–H and O–H groups in total. The average Bonchev–Trinajstić information content (AvgIpc) is 2.70. The van der Waals surface area contributed by atoms with Gasteiger partial charge in [-0.1, -0.05) is 45.7 Å². The minimum Gasteiger partial charge on any atom is -0.338 e. The van der Waals surface area contributed by atoms with Crippen molar-refractivity contribution < 1.29 is 4.52 Å². The first-order valence-corrected chi connectivity index (χ1v) is 7.13. The summed E-state index contributed by atoms with van der Waals surface area (Å²) >= 11 is 1.80. The molecule has 5 heteroatoms. The summed E-state index contributed by atoms with van der Waals surface area (Å²) in [5.74, 6) is 2.09. The Hall–Kier alpha value is -0.550. The molecule has 0 aliphatic carbocycles. The molecule has 1 atom stereocenters. The standard InChI is InChI=1S/C12H23N3OS/c1-5-6-7-9(13)11-14-10(15-16-11)8-17-12(2,3)4/h9H,5-8,13H2,1-4H3. The van der Waals surface area contributed by atoms with Crippen molar-refractivity contribution in [1.82, 2.24) is 10.1 Å². The molecule has 1 aromatic rings. The molecular weight excluding hydrogens is 234 g/mol. The van der Waals surface area contributed by atoms with Crippen LogP contribution in [0.4, 0.5) is 0 Å². The molecule has 1 unspecified atom stereocenters. The number of nitrogens with zero attached hydrogens (tertiary/aromatic N) is 2. The summed E-state index contributed by atoms with van der Waals surface area (Å²) in [6, 6.07) is -0.115. The first-order valence-electron chi connectivity index (χ1n) is 6.14. The molecule has 4 nitrogen and oxygen atoms in total. The maximum absolute atomic E-state index is 5.97. The van der Waals surface area contributed by atoms with Crippen LogP contribution in [-0.4, -0.2) is 14.9 Å². The molecule has 98 valence electrons. The van der Waals surface area contributed by atoms with Gasteiger partial charge in [-0.15, -0.1) is 11.8 Å². The predicted molar refractivity (Wildman–Crippen MR) is 71.8 cm³/mol. The second-order valence-corrected chi connectivity index (χ2v) is 7.00. The van der Waals surface area contributed by atoms with Gasteiger partial charge in [0.1, 0.15) is 0 Å². The second kappa shape index (κ2) is 6.40. The van der Waals surface area contributed by atoms with E-state index < -0.39 is 0 Å². The number of thioether (sulfide) groups is 1.